The van der Waals surface area contributed by atoms with E-state index in [2.05, 4.69) is 5.32 Å². The Morgan fingerprint density at radius 1 is 1.40 bits per heavy atom. The summed E-state index contributed by atoms with van der Waals surface area (Å²) in [6, 6.07) is 4.04. The van der Waals surface area contributed by atoms with Gasteiger partial charge in [0.25, 0.3) is 0 Å². The monoisotopic (exact) mass is 380 g/mol. The van der Waals surface area contributed by atoms with Crippen LogP contribution in [-0.2, 0) is 11.3 Å². The number of amides is 2. The Labute approximate surface area is 146 Å². The number of benzene rings is 1. The SMILES string of the molecule is COc1ccc(CNC(=O)N2C[C@@H](C(F)(F)F)[C@H](C(=O)O)C2)cc1Cl. The van der Waals surface area contributed by atoms with Gasteiger partial charge in [-0.2, -0.15) is 13.2 Å². The number of methoxy groups -OCH3 is 1. The Hall–Kier alpha value is -2.16. The number of ether oxygens (including phenoxy) is 1. The van der Waals surface area contributed by atoms with Crippen molar-refractivity contribution in [1.29, 1.82) is 0 Å². The molecular formula is C15H16ClF3N2O4. The van der Waals surface area contributed by atoms with E-state index in [4.69, 9.17) is 21.4 Å². The molecular weight excluding hydrogens is 365 g/mol. The maximum absolute atomic E-state index is 12.9. The zero-order valence-electron chi connectivity index (χ0n) is 13.1. The van der Waals surface area contributed by atoms with Gasteiger partial charge in [-0.1, -0.05) is 17.7 Å². The molecule has 2 N–H and O–H groups in total. The molecule has 0 aromatic heterocycles. The van der Waals surface area contributed by atoms with Crippen LogP contribution in [0.4, 0.5) is 18.0 Å². The standard InChI is InChI=1S/C15H16ClF3N2O4/c1-25-12-3-2-8(4-11(12)16)5-20-14(24)21-6-9(13(22)23)10(7-21)15(17,18)19/h2-4,9-10H,5-7H2,1H3,(H,20,24)(H,22,23)/t9-,10-/m1/s1. The maximum Gasteiger partial charge on any atom is 0.394 e. The summed E-state index contributed by atoms with van der Waals surface area (Å²) in [7, 11) is 1.45. The predicted molar refractivity (Wildman–Crippen MR) is 82.5 cm³/mol. The number of alkyl halides is 3. The van der Waals surface area contributed by atoms with Crippen molar-refractivity contribution in [3.8, 4) is 5.75 Å². The molecule has 1 fully saturated rings. The van der Waals surface area contributed by atoms with Crippen molar-refractivity contribution in [2.45, 2.75) is 12.7 Å². The average molecular weight is 381 g/mol. The number of halogens is 4. The summed E-state index contributed by atoms with van der Waals surface area (Å²) in [5.74, 6) is -4.86. The highest BCUT2D eigenvalue weighted by molar-refractivity contribution is 6.32. The normalized spacial score (nSPS) is 20.4. The predicted octanol–water partition coefficient (Wildman–Crippen LogP) is 2.75. The number of hydrogen-bond donors (Lipinski definition) is 2. The first kappa shape index (κ1) is 19.2. The zero-order chi connectivity index (χ0) is 18.8. The number of carboxylic acid groups (broad SMARTS) is 1. The lowest BCUT2D eigenvalue weighted by atomic mass is 9.96. The molecule has 0 saturated carbocycles. The van der Waals surface area contributed by atoms with Crippen LogP contribution in [0.25, 0.3) is 0 Å². The van der Waals surface area contributed by atoms with Crippen LogP contribution >= 0.6 is 11.6 Å². The Morgan fingerprint density at radius 2 is 2.08 bits per heavy atom. The van der Waals surface area contributed by atoms with E-state index in [1.807, 2.05) is 0 Å². The Morgan fingerprint density at radius 3 is 2.56 bits per heavy atom. The van der Waals surface area contributed by atoms with Crippen molar-refractivity contribution < 1.29 is 32.6 Å². The van der Waals surface area contributed by atoms with Crippen molar-refractivity contribution in [3.63, 3.8) is 0 Å². The lowest BCUT2D eigenvalue weighted by molar-refractivity contribution is -0.187. The van der Waals surface area contributed by atoms with E-state index in [1.54, 1.807) is 18.2 Å². The summed E-state index contributed by atoms with van der Waals surface area (Å²) in [4.78, 5) is 23.9. The van der Waals surface area contributed by atoms with Crippen LogP contribution in [0.15, 0.2) is 18.2 Å². The highest BCUT2D eigenvalue weighted by atomic mass is 35.5. The second-order valence-electron chi connectivity index (χ2n) is 5.63. The molecule has 0 aliphatic carbocycles. The second-order valence-corrected chi connectivity index (χ2v) is 6.03. The number of hydrogen-bond acceptors (Lipinski definition) is 3. The first-order valence-electron chi connectivity index (χ1n) is 7.28. The molecule has 1 heterocycles. The fraction of sp³-hybridized carbons (Fsp3) is 0.467. The number of rotatable bonds is 4. The van der Waals surface area contributed by atoms with Gasteiger partial charge < -0.3 is 20.1 Å². The molecule has 6 nitrogen and oxygen atoms in total. The molecule has 0 unspecified atom stereocenters. The molecule has 25 heavy (non-hydrogen) atoms. The first-order valence-corrected chi connectivity index (χ1v) is 7.66. The number of nitrogens with zero attached hydrogens (tertiary/aromatic N) is 1. The fourth-order valence-corrected chi connectivity index (χ4v) is 2.94. The average Bonchev–Trinajstić information content (AvgIpc) is 2.98. The van der Waals surface area contributed by atoms with E-state index in [0.29, 0.717) is 16.3 Å². The lowest BCUT2D eigenvalue weighted by Crippen LogP contribution is -2.39. The molecule has 138 valence electrons. The summed E-state index contributed by atoms with van der Waals surface area (Å²) >= 11 is 5.96. The topological polar surface area (TPSA) is 78.9 Å². The number of aliphatic carboxylic acids is 1. The molecule has 10 heteroatoms. The minimum absolute atomic E-state index is 0.0352. The number of carboxylic acids is 1. The highest BCUT2D eigenvalue weighted by Gasteiger charge is 2.53. The van der Waals surface area contributed by atoms with Crippen molar-refractivity contribution in [2.75, 3.05) is 20.2 Å². The Bertz CT molecular complexity index is 669. The van der Waals surface area contributed by atoms with Gasteiger partial charge in [-0.3, -0.25) is 4.79 Å². The van der Waals surface area contributed by atoms with E-state index in [-0.39, 0.29) is 6.54 Å². The van der Waals surface area contributed by atoms with E-state index in [0.717, 1.165) is 4.90 Å². The van der Waals surface area contributed by atoms with Crippen molar-refractivity contribution in [1.82, 2.24) is 10.2 Å². The molecule has 1 aromatic carbocycles. The number of urea groups is 1. The minimum atomic E-state index is -4.68. The van der Waals surface area contributed by atoms with Gasteiger partial charge in [0.2, 0.25) is 0 Å². The van der Waals surface area contributed by atoms with Gasteiger partial charge in [0.1, 0.15) is 5.75 Å². The van der Waals surface area contributed by atoms with Crippen LogP contribution in [0, 0.1) is 11.8 Å². The summed E-state index contributed by atoms with van der Waals surface area (Å²) in [6.07, 6.45) is -4.68. The molecule has 0 bridgehead atoms. The van der Waals surface area contributed by atoms with Gasteiger partial charge in [-0.15, -0.1) is 0 Å². The third-order valence-corrected chi connectivity index (χ3v) is 4.30. The van der Waals surface area contributed by atoms with Gasteiger partial charge >= 0.3 is 18.2 Å². The molecule has 0 radical (unpaired) electrons. The summed E-state index contributed by atoms with van der Waals surface area (Å²) in [5, 5.41) is 11.7. The van der Waals surface area contributed by atoms with E-state index in [1.165, 1.54) is 7.11 Å². The van der Waals surface area contributed by atoms with Crippen molar-refractivity contribution in [3.05, 3.63) is 28.8 Å². The van der Waals surface area contributed by atoms with Crippen molar-refractivity contribution >= 4 is 23.6 Å². The highest BCUT2D eigenvalue weighted by Crippen LogP contribution is 2.37. The van der Waals surface area contributed by atoms with E-state index in [9.17, 15) is 22.8 Å². The van der Waals surface area contributed by atoms with Crippen molar-refractivity contribution in [2.24, 2.45) is 11.8 Å². The fourth-order valence-electron chi connectivity index (χ4n) is 2.66. The third kappa shape index (κ3) is 4.47. The summed E-state index contributed by atoms with van der Waals surface area (Å²) < 4.78 is 43.8. The zero-order valence-corrected chi connectivity index (χ0v) is 13.9. The smallest absolute Gasteiger partial charge is 0.394 e. The van der Waals surface area contributed by atoms with E-state index < -0.39 is 43.1 Å². The quantitative estimate of drug-likeness (QED) is 0.842. The second kappa shape index (κ2) is 7.38. The minimum Gasteiger partial charge on any atom is -0.495 e. The summed E-state index contributed by atoms with van der Waals surface area (Å²) in [6.45, 7) is -1.14. The molecule has 1 aromatic rings. The molecule has 2 amide bonds. The van der Waals surface area contributed by atoms with Gasteiger partial charge in [0.15, 0.2) is 0 Å². The molecule has 0 spiro atoms. The lowest BCUT2D eigenvalue weighted by Gasteiger charge is -2.19. The number of nitrogens with one attached hydrogen (secondary N) is 1. The van der Waals surface area contributed by atoms with Gasteiger partial charge in [-0.25, -0.2) is 4.79 Å². The third-order valence-electron chi connectivity index (χ3n) is 4.00. The first-order chi connectivity index (χ1) is 11.6. The molecule has 2 rings (SSSR count). The van der Waals surface area contributed by atoms with Gasteiger partial charge in [-0.05, 0) is 17.7 Å². The van der Waals surface area contributed by atoms with Crippen LogP contribution in [0.5, 0.6) is 5.75 Å². The van der Waals surface area contributed by atoms with Crippen LogP contribution in [0.2, 0.25) is 5.02 Å². The molecule has 2 atom stereocenters. The number of likely N-dealkylation sites (tertiary alicyclic amines) is 1. The number of carbonyl (C=O) groups excluding carboxylic acids is 1. The Kier molecular flexibility index (Phi) is 5.66. The number of carbonyl (C=O) groups is 2. The van der Waals surface area contributed by atoms with Crippen LogP contribution in [0.1, 0.15) is 5.56 Å². The maximum atomic E-state index is 12.9. The molecule has 1 aliphatic rings. The Balaban J connectivity index is 1.99. The van der Waals surface area contributed by atoms with Gasteiger partial charge in [0, 0.05) is 19.6 Å². The molecule has 1 aliphatic heterocycles. The van der Waals surface area contributed by atoms with Crippen LogP contribution in [0.3, 0.4) is 0 Å². The summed E-state index contributed by atoms with van der Waals surface area (Å²) in [5.41, 5.74) is 0.625. The van der Waals surface area contributed by atoms with Crippen LogP contribution < -0.4 is 10.1 Å². The van der Waals surface area contributed by atoms with E-state index >= 15 is 0 Å². The van der Waals surface area contributed by atoms with Gasteiger partial charge in [0.05, 0.1) is 24.0 Å². The van der Waals surface area contributed by atoms with Crippen LogP contribution in [-0.4, -0.2) is 48.4 Å². The molecule has 1 saturated heterocycles. The largest absolute Gasteiger partial charge is 0.495 e.